The molecule has 2 heterocycles. The van der Waals surface area contributed by atoms with Crippen LogP contribution in [0.15, 0.2) is 12.1 Å². The zero-order valence-electron chi connectivity index (χ0n) is 12.7. The first-order valence-corrected chi connectivity index (χ1v) is 7.90. The van der Waals surface area contributed by atoms with E-state index in [1.807, 2.05) is 19.1 Å². The molecule has 0 amide bonds. The van der Waals surface area contributed by atoms with Crippen molar-refractivity contribution in [1.82, 2.24) is 4.98 Å². The van der Waals surface area contributed by atoms with Gasteiger partial charge in [0.2, 0.25) is 5.88 Å². The van der Waals surface area contributed by atoms with Crippen molar-refractivity contribution < 1.29 is 9.84 Å². The summed E-state index contributed by atoms with van der Waals surface area (Å²) in [6.45, 7) is 4.35. The van der Waals surface area contributed by atoms with Crippen molar-refractivity contribution in [2.45, 2.75) is 44.6 Å². The van der Waals surface area contributed by atoms with Crippen LogP contribution in [-0.4, -0.2) is 35.4 Å². The van der Waals surface area contributed by atoms with Gasteiger partial charge in [-0.05, 0) is 57.1 Å². The molecule has 1 unspecified atom stereocenters. The molecule has 1 aromatic heterocycles. The van der Waals surface area contributed by atoms with Gasteiger partial charge in [-0.2, -0.15) is 4.98 Å². The molecule has 116 valence electrons. The summed E-state index contributed by atoms with van der Waals surface area (Å²) < 4.78 is 5.75. The molecule has 3 N–H and O–H groups in total. The van der Waals surface area contributed by atoms with Crippen LogP contribution in [0.2, 0.25) is 0 Å². The first-order valence-electron chi connectivity index (χ1n) is 7.90. The van der Waals surface area contributed by atoms with Gasteiger partial charge in [0, 0.05) is 13.1 Å². The standard InChI is InChI=1S/C16H25N3O2/c1-16(20)7-2-9-19(10-8-16)14-6-5-13(17)15(18-14)21-11-12-3-4-12/h5-6,12,20H,2-4,7-11,17H2,1H3. The molecule has 0 spiro atoms. The van der Waals surface area contributed by atoms with Crippen LogP contribution in [0, 0.1) is 5.92 Å². The zero-order valence-corrected chi connectivity index (χ0v) is 12.7. The van der Waals surface area contributed by atoms with Crippen molar-refractivity contribution in [3.8, 4) is 5.88 Å². The number of aliphatic hydroxyl groups is 1. The number of ether oxygens (including phenoxy) is 1. The minimum absolute atomic E-state index is 0.551. The Kier molecular flexibility index (Phi) is 3.93. The van der Waals surface area contributed by atoms with Crippen LogP contribution in [0.25, 0.3) is 0 Å². The minimum Gasteiger partial charge on any atom is -0.476 e. The van der Waals surface area contributed by atoms with E-state index in [9.17, 15) is 5.11 Å². The van der Waals surface area contributed by atoms with E-state index in [-0.39, 0.29) is 0 Å². The van der Waals surface area contributed by atoms with Crippen molar-refractivity contribution in [3.63, 3.8) is 0 Å². The van der Waals surface area contributed by atoms with Crippen LogP contribution in [0.5, 0.6) is 5.88 Å². The molecule has 2 fully saturated rings. The molecule has 0 aromatic carbocycles. The molecule has 1 atom stereocenters. The highest BCUT2D eigenvalue weighted by Gasteiger charge is 2.26. The molecule has 1 aromatic rings. The monoisotopic (exact) mass is 291 g/mol. The number of aromatic nitrogens is 1. The highest BCUT2D eigenvalue weighted by Crippen LogP contribution is 2.31. The maximum absolute atomic E-state index is 10.2. The van der Waals surface area contributed by atoms with Gasteiger partial charge in [-0.15, -0.1) is 0 Å². The second kappa shape index (κ2) is 5.72. The summed E-state index contributed by atoms with van der Waals surface area (Å²) in [6.07, 6.45) is 5.07. The molecular formula is C16H25N3O2. The molecule has 2 aliphatic rings. The molecule has 21 heavy (non-hydrogen) atoms. The topological polar surface area (TPSA) is 71.6 Å². The van der Waals surface area contributed by atoms with Crippen molar-refractivity contribution in [1.29, 1.82) is 0 Å². The van der Waals surface area contributed by atoms with E-state index >= 15 is 0 Å². The van der Waals surface area contributed by atoms with Gasteiger partial charge in [0.15, 0.2) is 0 Å². The summed E-state index contributed by atoms with van der Waals surface area (Å²) in [4.78, 5) is 6.80. The van der Waals surface area contributed by atoms with E-state index in [1.54, 1.807) is 0 Å². The molecule has 1 aliphatic heterocycles. The molecule has 1 saturated heterocycles. The van der Waals surface area contributed by atoms with Crippen molar-refractivity contribution in [2.75, 3.05) is 30.3 Å². The Morgan fingerprint density at radius 2 is 2.19 bits per heavy atom. The normalized spacial score (nSPS) is 26.5. The average Bonchev–Trinajstić information content (AvgIpc) is 3.26. The highest BCUT2D eigenvalue weighted by atomic mass is 16.5. The Hall–Kier alpha value is -1.49. The van der Waals surface area contributed by atoms with Crippen LogP contribution >= 0.6 is 0 Å². The van der Waals surface area contributed by atoms with Gasteiger partial charge in [-0.25, -0.2) is 0 Å². The fraction of sp³-hybridized carbons (Fsp3) is 0.688. The molecule has 0 bridgehead atoms. The third kappa shape index (κ3) is 3.79. The number of nitrogens with two attached hydrogens (primary N) is 1. The number of nitrogens with zero attached hydrogens (tertiary/aromatic N) is 2. The Balaban J connectivity index is 1.70. The molecule has 5 heteroatoms. The molecule has 1 saturated carbocycles. The van der Waals surface area contributed by atoms with Crippen LogP contribution in [0.1, 0.15) is 39.0 Å². The van der Waals surface area contributed by atoms with E-state index < -0.39 is 5.60 Å². The van der Waals surface area contributed by atoms with Crippen LogP contribution in [-0.2, 0) is 0 Å². The van der Waals surface area contributed by atoms with E-state index in [2.05, 4.69) is 9.88 Å². The van der Waals surface area contributed by atoms with Gasteiger partial charge in [0.05, 0.1) is 17.9 Å². The highest BCUT2D eigenvalue weighted by molar-refractivity contribution is 5.54. The summed E-state index contributed by atoms with van der Waals surface area (Å²) in [7, 11) is 0. The number of pyridine rings is 1. The number of hydrogen-bond donors (Lipinski definition) is 2. The minimum atomic E-state index is -0.562. The SMILES string of the molecule is CC1(O)CCCN(c2ccc(N)c(OCC3CC3)n2)CC1. The number of rotatable bonds is 4. The lowest BCUT2D eigenvalue weighted by Crippen LogP contribution is -2.28. The van der Waals surface area contributed by atoms with Gasteiger partial charge in [0.25, 0.3) is 0 Å². The van der Waals surface area contributed by atoms with Crippen LogP contribution in [0.3, 0.4) is 0 Å². The van der Waals surface area contributed by atoms with Crippen LogP contribution < -0.4 is 15.4 Å². The predicted molar refractivity (Wildman–Crippen MR) is 83.6 cm³/mol. The van der Waals surface area contributed by atoms with Crippen LogP contribution in [0.4, 0.5) is 11.5 Å². The number of anilines is 2. The molecule has 1 aliphatic carbocycles. The number of hydrogen-bond acceptors (Lipinski definition) is 5. The fourth-order valence-electron chi connectivity index (χ4n) is 2.71. The first kappa shape index (κ1) is 14.4. The first-order chi connectivity index (χ1) is 10.0. The third-order valence-corrected chi connectivity index (χ3v) is 4.42. The molecule has 3 rings (SSSR count). The largest absolute Gasteiger partial charge is 0.476 e. The predicted octanol–water partition coefficient (Wildman–Crippen LogP) is 2.19. The Bertz CT molecular complexity index is 500. The van der Waals surface area contributed by atoms with E-state index in [0.29, 0.717) is 17.5 Å². The molecule has 5 nitrogen and oxygen atoms in total. The summed E-state index contributed by atoms with van der Waals surface area (Å²) in [5, 5.41) is 10.2. The lowest BCUT2D eigenvalue weighted by atomic mass is 9.98. The van der Waals surface area contributed by atoms with Gasteiger partial charge >= 0.3 is 0 Å². The van der Waals surface area contributed by atoms with Crippen molar-refractivity contribution in [3.05, 3.63) is 12.1 Å². The number of nitrogen functional groups attached to an aromatic ring is 1. The summed E-state index contributed by atoms with van der Waals surface area (Å²) in [5.74, 6) is 2.13. The fourth-order valence-corrected chi connectivity index (χ4v) is 2.71. The quantitative estimate of drug-likeness (QED) is 0.890. The van der Waals surface area contributed by atoms with E-state index in [1.165, 1.54) is 12.8 Å². The van der Waals surface area contributed by atoms with Crippen molar-refractivity contribution in [2.24, 2.45) is 5.92 Å². The van der Waals surface area contributed by atoms with Gasteiger partial charge in [-0.3, -0.25) is 0 Å². The second-order valence-electron chi connectivity index (χ2n) is 6.66. The zero-order chi connectivity index (χ0) is 14.9. The maximum atomic E-state index is 10.2. The Labute approximate surface area is 126 Å². The van der Waals surface area contributed by atoms with Gasteiger partial charge < -0.3 is 20.5 Å². The van der Waals surface area contributed by atoms with Gasteiger partial charge in [0.1, 0.15) is 5.82 Å². The lowest BCUT2D eigenvalue weighted by Gasteiger charge is -2.24. The second-order valence-corrected chi connectivity index (χ2v) is 6.66. The van der Waals surface area contributed by atoms with E-state index in [0.717, 1.165) is 44.8 Å². The average molecular weight is 291 g/mol. The smallest absolute Gasteiger partial charge is 0.239 e. The third-order valence-electron chi connectivity index (χ3n) is 4.42. The van der Waals surface area contributed by atoms with E-state index in [4.69, 9.17) is 10.5 Å². The summed E-state index contributed by atoms with van der Waals surface area (Å²) in [6, 6.07) is 3.81. The van der Waals surface area contributed by atoms with Gasteiger partial charge in [-0.1, -0.05) is 0 Å². The van der Waals surface area contributed by atoms with Crippen molar-refractivity contribution >= 4 is 11.5 Å². The summed E-state index contributed by atoms with van der Waals surface area (Å²) in [5.41, 5.74) is 5.99. The lowest BCUT2D eigenvalue weighted by molar-refractivity contribution is 0.0481. The Morgan fingerprint density at radius 3 is 2.95 bits per heavy atom. The molecular weight excluding hydrogens is 266 g/mol. The Morgan fingerprint density at radius 1 is 1.38 bits per heavy atom. The summed E-state index contributed by atoms with van der Waals surface area (Å²) >= 11 is 0. The maximum Gasteiger partial charge on any atom is 0.239 e. The molecule has 0 radical (unpaired) electrons.